The molecule has 0 saturated heterocycles. The molecule has 0 atom stereocenters. The lowest BCUT2D eigenvalue weighted by atomic mass is 9.98. The lowest BCUT2D eigenvalue weighted by Crippen LogP contribution is -2.49. The van der Waals surface area contributed by atoms with Gasteiger partial charge in [-0.05, 0) is 40.2 Å². The van der Waals surface area contributed by atoms with Crippen LogP contribution in [0.5, 0.6) is 0 Å². The predicted octanol–water partition coefficient (Wildman–Crippen LogP) is 9.47. The number of hydrogen-bond acceptors (Lipinski definition) is 5. The first-order valence-electron chi connectivity index (χ1n) is 15.9. The summed E-state index contributed by atoms with van der Waals surface area (Å²) in [4.78, 5) is 15.6. The van der Waals surface area contributed by atoms with Crippen LogP contribution in [0.1, 0.15) is 0 Å². The van der Waals surface area contributed by atoms with Crippen molar-refractivity contribution in [1.29, 1.82) is 0 Å². The Morgan fingerprint density at radius 1 is 0.468 bits per heavy atom. The molecule has 0 saturated carbocycles. The van der Waals surface area contributed by atoms with Crippen LogP contribution < -0.4 is 10.4 Å². The lowest BCUT2D eigenvalue weighted by Gasteiger charge is -2.19. The van der Waals surface area contributed by atoms with E-state index in [0.29, 0.717) is 17.5 Å². The molecule has 0 unspecified atom stereocenters. The van der Waals surface area contributed by atoms with Gasteiger partial charge in [0, 0.05) is 43.8 Å². The highest BCUT2D eigenvalue weighted by atomic mass is 28.3. The lowest BCUT2D eigenvalue weighted by molar-refractivity contribution is 0.669. The first-order chi connectivity index (χ1) is 23.1. The molecule has 0 spiro atoms. The minimum absolute atomic E-state index is 0.604. The van der Waals surface area contributed by atoms with Gasteiger partial charge in [-0.3, -0.25) is 0 Å². The molecular weight excluding hydrogens is 595 g/mol. The van der Waals surface area contributed by atoms with Crippen LogP contribution in [-0.4, -0.2) is 23.0 Å². The number of hydrogen-bond donors (Lipinski definition) is 0. The highest BCUT2D eigenvalue weighted by Crippen LogP contribution is 2.44. The molecule has 10 rings (SSSR count). The molecule has 0 radical (unpaired) electrons. The Morgan fingerprint density at radius 3 is 1.87 bits per heavy atom. The number of fused-ring (bicyclic) bond motifs is 10. The van der Waals surface area contributed by atoms with E-state index in [0.717, 1.165) is 60.6 Å². The Kier molecular flexibility index (Phi) is 5.37. The van der Waals surface area contributed by atoms with Gasteiger partial charge in [-0.25, -0.2) is 15.0 Å². The van der Waals surface area contributed by atoms with Crippen molar-refractivity contribution in [2.45, 2.75) is 13.1 Å². The topological polar surface area (TPSA) is 65.0 Å². The standard InChI is InChI=1S/C41H27N3O2Si/c1-47(2)33-22-11-8-17-27(33)37-34(47)23-29(36-26-16-7-10-20-31(26)46-38(36)37)41-43-39(24-13-4-3-5-14-24)42-40(44-41)28-18-12-21-32-35(28)25-15-6-9-19-30(25)45-32/h3-23H,1-2H3. The van der Waals surface area contributed by atoms with Crippen LogP contribution in [0.15, 0.2) is 136 Å². The highest BCUT2D eigenvalue weighted by Gasteiger charge is 2.40. The van der Waals surface area contributed by atoms with E-state index >= 15 is 0 Å². The van der Waals surface area contributed by atoms with E-state index in [1.54, 1.807) is 0 Å². The number of furan rings is 2. The average molecular weight is 622 g/mol. The van der Waals surface area contributed by atoms with Crippen LogP contribution in [0.25, 0.3) is 89.2 Å². The SMILES string of the molecule is C[Si]1(C)c2ccccc2-c2c1cc(-c1nc(-c3ccccc3)nc(-c3cccc4oc5ccccc5c34)n1)c1c2oc2ccccc21. The molecule has 6 aromatic carbocycles. The molecule has 0 fully saturated rings. The molecular formula is C41H27N3O2Si. The molecule has 1 aliphatic rings. The van der Waals surface area contributed by atoms with Crippen molar-refractivity contribution in [2.24, 2.45) is 0 Å². The second-order valence-corrected chi connectivity index (χ2v) is 17.1. The summed E-state index contributed by atoms with van der Waals surface area (Å²) in [6.07, 6.45) is 0. The molecule has 0 bridgehead atoms. The van der Waals surface area contributed by atoms with Crippen LogP contribution in [0, 0.1) is 0 Å². The molecule has 47 heavy (non-hydrogen) atoms. The molecule has 222 valence electrons. The fraction of sp³-hybridized carbons (Fsp3) is 0.0488. The molecule has 0 amide bonds. The van der Waals surface area contributed by atoms with E-state index < -0.39 is 8.07 Å². The number of para-hydroxylation sites is 2. The van der Waals surface area contributed by atoms with Crippen molar-refractivity contribution in [3.05, 3.63) is 127 Å². The molecule has 0 N–H and O–H groups in total. The summed E-state index contributed by atoms with van der Waals surface area (Å²) in [6.45, 7) is 4.85. The van der Waals surface area contributed by atoms with Gasteiger partial charge in [0.15, 0.2) is 17.5 Å². The Hall–Kier alpha value is -5.85. The monoisotopic (exact) mass is 621 g/mol. The number of nitrogens with zero attached hydrogens (tertiary/aromatic N) is 3. The molecule has 6 heteroatoms. The zero-order valence-corrected chi connectivity index (χ0v) is 26.8. The van der Waals surface area contributed by atoms with E-state index in [1.807, 2.05) is 60.7 Å². The van der Waals surface area contributed by atoms with Crippen LogP contribution in [0.3, 0.4) is 0 Å². The maximum absolute atomic E-state index is 6.77. The third kappa shape index (κ3) is 3.73. The van der Waals surface area contributed by atoms with Crippen molar-refractivity contribution in [3.63, 3.8) is 0 Å². The van der Waals surface area contributed by atoms with E-state index in [1.165, 1.54) is 21.5 Å². The maximum Gasteiger partial charge on any atom is 0.164 e. The van der Waals surface area contributed by atoms with E-state index in [4.69, 9.17) is 23.8 Å². The molecule has 9 aromatic rings. The summed E-state index contributed by atoms with van der Waals surface area (Å²) in [7, 11) is -2.07. The van der Waals surface area contributed by atoms with Gasteiger partial charge < -0.3 is 8.83 Å². The van der Waals surface area contributed by atoms with Crippen molar-refractivity contribution >= 4 is 62.3 Å². The Morgan fingerprint density at radius 2 is 1.06 bits per heavy atom. The summed E-state index contributed by atoms with van der Waals surface area (Å²) in [5.74, 6) is 1.85. The molecule has 1 aliphatic heterocycles. The van der Waals surface area contributed by atoms with Crippen molar-refractivity contribution < 1.29 is 8.83 Å². The fourth-order valence-corrected chi connectivity index (χ4v) is 10.6. The highest BCUT2D eigenvalue weighted by molar-refractivity contribution is 7.04. The van der Waals surface area contributed by atoms with Crippen molar-refractivity contribution in [1.82, 2.24) is 15.0 Å². The normalized spacial score (nSPS) is 13.5. The van der Waals surface area contributed by atoms with Gasteiger partial charge in [0.05, 0.1) is 0 Å². The van der Waals surface area contributed by atoms with Crippen LogP contribution >= 0.6 is 0 Å². The van der Waals surface area contributed by atoms with Gasteiger partial charge in [-0.1, -0.05) is 116 Å². The largest absolute Gasteiger partial charge is 0.456 e. The zero-order valence-electron chi connectivity index (χ0n) is 25.8. The summed E-state index contributed by atoms with van der Waals surface area (Å²) < 4.78 is 13.0. The van der Waals surface area contributed by atoms with Gasteiger partial charge >= 0.3 is 0 Å². The second-order valence-electron chi connectivity index (χ2n) is 12.8. The number of rotatable bonds is 3. The number of aromatic nitrogens is 3. The first-order valence-corrected chi connectivity index (χ1v) is 18.9. The zero-order chi connectivity index (χ0) is 31.3. The van der Waals surface area contributed by atoms with Gasteiger partial charge in [-0.15, -0.1) is 0 Å². The summed E-state index contributed by atoms with van der Waals surface area (Å²) in [5.41, 5.74) is 8.67. The molecule has 5 nitrogen and oxygen atoms in total. The van der Waals surface area contributed by atoms with E-state index in [-0.39, 0.29) is 0 Å². The first kappa shape index (κ1) is 26.4. The number of benzene rings is 6. The van der Waals surface area contributed by atoms with Crippen LogP contribution in [-0.2, 0) is 0 Å². The van der Waals surface area contributed by atoms with Crippen LogP contribution in [0.4, 0.5) is 0 Å². The van der Waals surface area contributed by atoms with Gasteiger partial charge in [-0.2, -0.15) is 0 Å². The fourth-order valence-electron chi connectivity index (χ4n) is 7.52. The average Bonchev–Trinajstić information content (AvgIpc) is 3.76. The molecule has 4 heterocycles. The second kappa shape index (κ2) is 9.58. The predicted molar refractivity (Wildman–Crippen MR) is 193 cm³/mol. The van der Waals surface area contributed by atoms with Gasteiger partial charge in [0.1, 0.15) is 30.4 Å². The van der Waals surface area contributed by atoms with Crippen molar-refractivity contribution in [2.75, 3.05) is 0 Å². The Balaban J connectivity index is 1.33. The van der Waals surface area contributed by atoms with Gasteiger partial charge in [0.25, 0.3) is 0 Å². The summed E-state index contributed by atoms with van der Waals surface area (Å²) in [5, 5.41) is 6.88. The van der Waals surface area contributed by atoms with Gasteiger partial charge in [0.2, 0.25) is 0 Å². The Labute approximate surface area is 271 Å². The van der Waals surface area contributed by atoms with Crippen molar-refractivity contribution in [3.8, 4) is 45.3 Å². The molecule has 3 aromatic heterocycles. The third-order valence-electron chi connectivity index (χ3n) is 9.74. The van der Waals surface area contributed by atoms with Crippen LogP contribution in [0.2, 0.25) is 13.1 Å². The maximum atomic E-state index is 6.77. The minimum Gasteiger partial charge on any atom is -0.456 e. The Bertz CT molecular complexity index is 2720. The minimum atomic E-state index is -2.07. The summed E-state index contributed by atoms with van der Waals surface area (Å²) in [6, 6.07) is 43.8. The van der Waals surface area contributed by atoms with E-state index in [2.05, 4.69) is 79.8 Å². The third-order valence-corrected chi connectivity index (χ3v) is 13.3. The summed E-state index contributed by atoms with van der Waals surface area (Å²) >= 11 is 0. The van der Waals surface area contributed by atoms with E-state index in [9.17, 15) is 0 Å². The molecule has 0 aliphatic carbocycles. The quantitative estimate of drug-likeness (QED) is 0.184. The smallest absolute Gasteiger partial charge is 0.164 e.